The number of ether oxygens (including phenoxy) is 1. The summed E-state index contributed by atoms with van der Waals surface area (Å²) in [6.45, 7) is 0.995. The van der Waals surface area contributed by atoms with Gasteiger partial charge in [-0.3, -0.25) is 14.2 Å². The van der Waals surface area contributed by atoms with Crippen molar-refractivity contribution < 1.29 is 9.53 Å². The number of anilines is 1. The molecule has 0 atom stereocenters. The molecule has 5 rings (SSSR count). The molecule has 1 amide bonds. The van der Waals surface area contributed by atoms with Crippen LogP contribution in [0.4, 0.5) is 5.69 Å². The first kappa shape index (κ1) is 21.2. The minimum Gasteiger partial charge on any atom is -0.370 e. The van der Waals surface area contributed by atoms with Crippen LogP contribution >= 0.6 is 23.2 Å². The van der Waals surface area contributed by atoms with Crippen LogP contribution in [0, 0.1) is 11.3 Å². The predicted octanol–water partition coefficient (Wildman–Crippen LogP) is 3.72. The van der Waals surface area contributed by atoms with Gasteiger partial charge in [0.15, 0.2) is 0 Å². The van der Waals surface area contributed by atoms with Crippen LogP contribution in [0.25, 0.3) is 22.4 Å². The summed E-state index contributed by atoms with van der Waals surface area (Å²) in [7, 11) is 0. The van der Waals surface area contributed by atoms with Crippen molar-refractivity contribution in [1.29, 1.82) is 5.26 Å². The molecule has 2 aromatic carbocycles. The first-order valence-corrected chi connectivity index (χ1v) is 10.7. The molecule has 33 heavy (non-hydrogen) atoms. The molecule has 4 aromatic rings. The molecule has 0 bridgehead atoms. The number of benzene rings is 2. The van der Waals surface area contributed by atoms with Crippen molar-refractivity contribution in [2.24, 2.45) is 0 Å². The van der Waals surface area contributed by atoms with Crippen molar-refractivity contribution in [3.8, 4) is 17.4 Å². The minimum absolute atomic E-state index is 0.0503. The van der Waals surface area contributed by atoms with Crippen molar-refractivity contribution in [1.82, 2.24) is 14.1 Å². The number of amides is 1. The van der Waals surface area contributed by atoms with Gasteiger partial charge >= 0.3 is 0 Å². The lowest BCUT2D eigenvalue weighted by Gasteiger charge is -2.26. The molecule has 0 N–H and O–H groups in total. The van der Waals surface area contributed by atoms with Gasteiger partial charge in [-0.2, -0.15) is 5.26 Å². The summed E-state index contributed by atoms with van der Waals surface area (Å²) >= 11 is 12.2. The zero-order chi connectivity index (χ0) is 23.1. The first-order chi connectivity index (χ1) is 16.0. The average Bonchev–Trinajstić information content (AvgIpc) is 3.21. The molecule has 8 nitrogen and oxygen atoms in total. The lowest BCUT2D eigenvalue weighted by molar-refractivity contribution is -0.125. The minimum atomic E-state index is -0.359. The van der Waals surface area contributed by atoms with E-state index in [9.17, 15) is 14.9 Å². The van der Waals surface area contributed by atoms with Gasteiger partial charge in [-0.05, 0) is 42.5 Å². The number of morpholine rings is 1. The Balaban J connectivity index is 1.62. The molecule has 0 spiro atoms. The second-order valence-corrected chi connectivity index (χ2v) is 8.17. The second kappa shape index (κ2) is 8.37. The summed E-state index contributed by atoms with van der Waals surface area (Å²) < 4.78 is 8.15. The fraction of sp³-hybridized carbons (Fsp3) is 0.130. The van der Waals surface area contributed by atoms with E-state index in [1.165, 1.54) is 10.9 Å². The van der Waals surface area contributed by atoms with E-state index in [1.54, 1.807) is 58.1 Å². The topological polar surface area (TPSA) is 93.1 Å². The SMILES string of the molecule is N#Cc1cn(-c2ccc(Cl)c(Cl)c2)c2c(=O)n(-c3ccc(N4CCOCC4=O)cc3)cnc12. The van der Waals surface area contributed by atoms with E-state index in [4.69, 9.17) is 27.9 Å². The molecule has 1 saturated heterocycles. The van der Waals surface area contributed by atoms with Crippen molar-refractivity contribution in [2.75, 3.05) is 24.7 Å². The third-order valence-electron chi connectivity index (χ3n) is 5.43. The molecule has 1 fully saturated rings. The number of nitriles is 1. The van der Waals surface area contributed by atoms with Gasteiger partial charge in [0.1, 0.15) is 30.0 Å². The van der Waals surface area contributed by atoms with Gasteiger partial charge in [0.2, 0.25) is 0 Å². The van der Waals surface area contributed by atoms with Crippen LogP contribution in [0.1, 0.15) is 5.56 Å². The van der Waals surface area contributed by atoms with Gasteiger partial charge in [0.25, 0.3) is 11.5 Å². The van der Waals surface area contributed by atoms with Crippen LogP contribution < -0.4 is 10.5 Å². The standard InChI is InChI=1S/C23H15Cl2N5O3/c24-18-6-5-17(9-19(18)25)29-11-14(10-26)21-22(29)23(32)30(13-27-21)16-3-1-15(2-4-16)28-7-8-33-12-20(28)31/h1-6,9,11,13H,7-8,12H2. The summed E-state index contributed by atoms with van der Waals surface area (Å²) in [6.07, 6.45) is 2.94. The maximum Gasteiger partial charge on any atom is 0.282 e. The molecule has 0 saturated carbocycles. The van der Waals surface area contributed by atoms with Crippen LogP contribution in [0.15, 0.2) is 59.8 Å². The fourth-order valence-electron chi connectivity index (χ4n) is 3.80. The highest BCUT2D eigenvalue weighted by Crippen LogP contribution is 2.27. The maximum absolute atomic E-state index is 13.5. The molecular formula is C23H15Cl2N5O3. The highest BCUT2D eigenvalue weighted by molar-refractivity contribution is 6.42. The molecule has 10 heteroatoms. The number of nitrogens with zero attached hydrogens (tertiary/aromatic N) is 5. The number of aromatic nitrogens is 3. The Labute approximate surface area is 197 Å². The third-order valence-corrected chi connectivity index (χ3v) is 6.17. The second-order valence-electron chi connectivity index (χ2n) is 7.35. The summed E-state index contributed by atoms with van der Waals surface area (Å²) in [6, 6.07) is 14.1. The predicted molar refractivity (Wildman–Crippen MR) is 125 cm³/mol. The summed E-state index contributed by atoms with van der Waals surface area (Å²) in [5, 5.41) is 10.3. The van der Waals surface area contributed by atoms with Crippen molar-refractivity contribution in [3.63, 3.8) is 0 Å². The molecule has 0 aliphatic carbocycles. The lowest BCUT2D eigenvalue weighted by atomic mass is 10.2. The van der Waals surface area contributed by atoms with Crippen LogP contribution in [0.2, 0.25) is 10.0 Å². The lowest BCUT2D eigenvalue weighted by Crippen LogP contribution is -2.41. The van der Waals surface area contributed by atoms with Crippen LogP contribution in [-0.2, 0) is 9.53 Å². The number of rotatable bonds is 3. The first-order valence-electron chi connectivity index (χ1n) is 9.94. The van der Waals surface area contributed by atoms with E-state index in [-0.39, 0.29) is 29.2 Å². The summed E-state index contributed by atoms with van der Waals surface area (Å²) in [5.74, 6) is -0.113. The Morgan fingerprint density at radius 2 is 1.70 bits per heavy atom. The zero-order valence-corrected chi connectivity index (χ0v) is 18.5. The smallest absolute Gasteiger partial charge is 0.282 e. The van der Waals surface area contributed by atoms with Crippen LogP contribution in [0.3, 0.4) is 0 Å². The van der Waals surface area contributed by atoms with Crippen molar-refractivity contribution >= 4 is 45.8 Å². The Kier molecular flexibility index (Phi) is 5.38. The quantitative estimate of drug-likeness (QED) is 0.446. The van der Waals surface area contributed by atoms with E-state index >= 15 is 0 Å². The zero-order valence-electron chi connectivity index (χ0n) is 17.0. The van der Waals surface area contributed by atoms with Crippen LogP contribution in [-0.4, -0.2) is 39.8 Å². The Morgan fingerprint density at radius 1 is 0.970 bits per heavy atom. The highest BCUT2D eigenvalue weighted by Gasteiger charge is 2.21. The van der Waals surface area contributed by atoms with Crippen LogP contribution in [0.5, 0.6) is 0 Å². The number of carbonyl (C=O) groups is 1. The van der Waals surface area contributed by atoms with Crippen molar-refractivity contribution in [3.05, 3.63) is 81.0 Å². The van der Waals surface area contributed by atoms with E-state index in [0.717, 1.165) is 5.69 Å². The summed E-state index contributed by atoms with van der Waals surface area (Å²) in [5.41, 5.74) is 2.30. The molecule has 2 aromatic heterocycles. The third kappa shape index (κ3) is 3.66. The summed E-state index contributed by atoms with van der Waals surface area (Å²) in [4.78, 5) is 31.6. The maximum atomic E-state index is 13.5. The van der Waals surface area contributed by atoms with Gasteiger partial charge in [0, 0.05) is 24.1 Å². The normalized spacial score (nSPS) is 14.0. The molecular weight excluding hydrogens is 465 g/mol. The molecule has 1 aliphatic heterocycles. The average molecular weight is 480 g/mol. The number of fused-ring (bicyclic) bond motifs is 1. The number of carbonyl (C=O) groups excluding carboxylic acids is 1. The van der Waals surface area contributed by atoms with E-state index in [1.807, 2.05) is 0 Å². The highest BCUT2D eigenvalue weighted by atomic mass is 35.5. The Bertz CT molecular complexity index is 1500. The van der Waals surface area contributed by atoms with Gasteiger partial charge in [-0.15, -0.1) is 0 Å². The van der Waals surface area contributed by atoms with Gasteiger partial charge in [-0.25, -0.2) is 4.98 Å². The molecule has 3 heterocycles. The van der Waals surface area contributed by atoms with E-state index in [2.05, 4.69) is 11.1 Å². The van der Waals surface area contributed by atoms with E-state index < -0.39 is 0 Å². The molecule has 1 aliphatic rings. The fourth-order valence-corrected chi connectivity index (χ4v) is 4.09. The van der Waals surface area contributed by atoms with Gasteiger partial charge < -0.3 is 14.2 Å². The Morgan fingerprint density at radius 3 is 2.39 bits per heavy atom. The Hall–Kier alpha value is -3.64. The van der Waals surface area contributed by atoms with Gasteiger partial charge in [-0.1, -0.05) is 23.2 Å². The number of hydrogen-bond acceptors (Lipinski definition) is 5. The monoisotopic (exact) mass is 479 g/mol. The number of hydrogen-bond donors (Lipinski definition) is 0. The molecule has 0 radical (unpaired) electrons. The molecule has 164 valence electrons. The largest absolute Gasteiger partial charge is 0.370 e. The number of halogens is 2. The van der Waals surface area contributed by atoms with E-state index in [0.29, 0.717) is 40.1 Å². The molecule has 0 unspecified atom stereocenters. The van der Waals surface area contributed by atoms with Crippen molar-refractivity contribution in [2.45, 2.75) is 0 Å². The van der Waals surface area contributed by atoms with Gasteiger partial charge in [0.05, 0.1) is 27.9 Å².